The number of amides is 1. The van der Waals surface area contributed by atoms with Crippen molar-refractivity contribution in [3.05, 3.63) is 33.8 Å². The Hall–Kier alpha value is -1.06. The van der Waals surface area contributed by atoms with Gasteiger partial charge in [0.1, 0.15) is 5.78 Å². The van der Waals surface area contributed by atoms with E-state index in [1.807, 2.05) is 0 Å². The number of benzene rings is 1. The maximum atomic E-state index is 11.9. The first kappa shape index (κ1) is 13.0. The highest BCUT2D eigenvalue weighted by Crippen LogP contribution is 2.21. The molecular formula is C11H11Cl2NO2. The number of rotatable bonds is 3. The molecule has 0 atom stereocenters. The van der Waals surface area contributed by atoms with Crippen LogP contribution in [0.4, 0.5) is 0 Å². The van der Waals surface area contributed by atoms with Crippen LogP contribution in [-0.2, 0) is 4.79 Å². The van der Waals surface area contributed by atoms with Crippen molar-refractivity contribution in [1.29, 1.82) is 0 Å². The Labute approximate surface area is 104 Å². The van der Waals surface area contributed by atoms with Crippen LogP contribution in [0.25, 0.3) is 0 Å². The van der Waals surface area contributed by atoms with Crippen LogP contribution in [0.3, 0.4) is 0 Å². The van der Waals surface area contributed by atoms with Gasteiger partial charge in [0.25, 0.3) is 5.91 Å². The molecule has 5 heteroatoms. The lowest BCUT2D eigenvalue weighted by Crippen LogP contribution is -2.31. The molecule has 0 saturated heterocycles. The van der Waals surface area contributed by atoms with Gasteiger partial charge in [-0.25, -0.2) is 0 Å². The zero-order valence-electron chi connectivity index (χ0n) is 8.96. The van der Waals surface area contributed by atoms with Gasteiger partial charge in [-0.05, 0) is 25.1 Å². The van der Waals surface area contributed by atoms with Crippen LogP contribution in [0.5, 0.6) is 0 Å². The highest BCUT2D eigenvalue weighted by molar-refractivity contribution is 6.35. The van der Waals surface area contributed by atoms with Crippen molar-refractivity contribution >= 4 is 34.9 Å². The van der Waals surface area contributed by atoms with Crippen molar-refractivity contribution < 1.29 is 9.59 Å². The van der Waals surface area contributed by atoms with E-state index in [-0.39, 0.29) is 18.2 Å². The number of ketones is 1. The molecule has 0 heterocycles. The largest absolute Gasteiger partial charge is 0.334 e. The van der Waals surface area contributed by atoms with Gasteiger partial charge in [-0.2, -0.15) is 0 Å². The van der Waals surface area contributed by atoms with Crippen molar-refractivity contribution in [1.82, 2.24) is 4.90 Å². The standard InChI is InChI=1S/C11H11Cl2NO2/c1-7(15)6-14(2)11(16)9-5-8(12)3-4-10(9)13/h3-5H,6H2,1-2H3. The van der Waals surface area contributed by atoms with Crippen molar-refractivity contribution in [2.45, 2.75) is 6.92 Å². The fourth-order valence-electron chi connectivity index (χ4n) is 1.27. The van der Waals surface area contributed by atoms with Gasteiger partial charge >= 0.3 is 0 Å². The first-order chi connectivity index (χ1) is 7.41. The van der Waals surface area contributed by atoms with E-state index in [0.717, 1.165) is 0 Å². The molecule has 0 spiro atoms. The lowest BCUT2D eigenvalue weighted by molar-refractivity contribution is -0.117. The van der Waals surface area contributed by atoms with Crippen LogP contribution in [0.1, 0.15) is 17.3 Å². The van der Waals surface area contributed by atoms with E-state index in [9.17, 15) is 9.59 Å². The first-order valence-corrected chi connectivity index (χ1v) is 5.37. The van der Waals surface area contributed by atoms with Crippen LogP contribution < -0.4 is 0 Å². The summed E-state index contributed by atoms with van der Waals surface area (Å²) in [6.07, 6.45) is 0. The highest BCUT2D eigenvalue weighted by Gasteiger charge is 2.16. The van der Waals surface area contributed by atoms with Crippen molar-refractivity contribution in [2.75, 3.05) is 13.6 Å². The lowest BCUT2D eigenvalue weighted by Gasteiger charge is -2.16. The molecule has 3 nitrogen and oxygen atoms in total. The maximum Gasteiger partial charge on any atom is 0.255 e. The van der Waals surface area contributed by atoms with Crippen LogP contribution >= 0.6 is 23.2 Å². The Balaban J connectivity index is 2.95. The second-order valence-electron chi connectivity index (χ2n) is 3.49. The number of Topliss-reactive ketones (excluding diaryl/α,β-unsaturated/α-hetero) is 1. The van der Waals surface area contributed by atoms with E-state index in [1.54, 1.807) is 19.2 Å². The van der Waals surface area contributed by atoms with Crippen molar-refractivity contribution in [3.63, 3.8) is 0 Å². The van der Waals surface area contributed by atoms with Gasteiger partial charge in [-0.15, -0.1) is 0 Å². The Bertz CT molecular complexity index is 432. The van der Waals surface area contributed by atoms with Crippen molar-refractivity contribution in [3.8, 4) is 0 Å². The number of nitrogens with zero attached hydrogens (tertiary/aromatic N) is 1. The average Bonchev–Trinajstić information content (AvgIpc) is 2.19. The van der Waals surface area contributed by atoms with E-state index < -0.39 is 0 Å². The summed E-state index contributed by atoms with van der Waals surface area (Å²) in [5, 5.41) is 0.758. The Morgan fingerprint density at radius 2 is 1.94 bits per heavy atom. The molecule has 0 N–H and O–H groups in total. The molecule has 0 bridgehead atoms. The highest BCUT2D eigenvalue weighted by atomic mass is 35.5. The quantitative estimate of drug-likeness (QED) is 0.837. The van der Waals surface area contributed by atoms with Crippen LogP contribution in [-0.4, -0.2) is 30.2 Å². The van der Waals surface area contributed by atoms with Gasteiger partial charge in [0.2, 0.25) is 0 Å². The molecule has 1 rings (SSSR count). The smallest absolute Gasteiger partial charge is 0.255 e. The molecule has 16 heavy (non-hydrogen) atoms. The minimum atomic E-state index is -0.317. The monoisotopic (exact) mass is 259 g/mol. The first-order valence-electron chi connectivity index (χ1n) is 4.61. The Morgan fingerprint density at radius 3 is 2.50 bits per heavy atom. The normalized spacial score (nSPS) is 10.0. The fraction of sp³-hybridized carbons (Fsp3) is 0.273. The molecule has 0 unspecified atom stereocenters. The Morgan fingerprint density at radius 1 is 1.31 bits per heavy atom. The van der Waals surface area contributed by atoms with E-state index >= 15 is 0 Å². The number of hydrogen-bond donors (Lipinski definition) is 0. The van der Waals surface area contributed by atoms with Gasteiger partial charge < -0.3 is 4.90 Å². The number of carbonyl (C=O) groups excluding carboxylic acids is 2. The van der Waals surface area contributed by atoms with E-state index in [1.165, 1.54) is 17.9 Å². The maximum absolute atomic E-state index is 11.9. The number of hydrogen-bond acceptors (Lipinski definition) is 2. The zero-order chi connectivity index (χ0) is 12.3. The van der Waals surface area contributed by atoms with E-state index in [0.29, 0.717) is 15.6 Å². The molecule has 1 aromatic rings. The third-order valence-electron chi connectivity index (χ3n) is 1.97. The number of carbonyl (C=O) groups is 2. The molecule has 0 aromatic heterocycles. The summed E-state index contributed by atoms with van der Waals surface area (Å²) in [5.41, 5.74) is 0.304. The molecule has 0 saturated carbocycles. The predicted octanol–water partition coefficient (Wildman–Crippen LogP) is 2.65. The van der Waals surface area contributed by atoms with Crippen LogP contribution in [0, 0.1) is 0 Å². The second kappa shape index (κ2) is 5.32. The molecule has 0 aliphatic carbocycles. The van der Waals surface area contributed by atoms with Crippen LogP contribution in [0.2, 0.25) is 10.0 Å². The third kappa shape index (κ3) is 3.22. The van der Waals surface area contributed by atoms with Crippen molar-refractivity contribution in [2.24, 2.45) is 0 Å². The summed E-state index contributed by atoms with van der Waals surface area (Å²) >= 11 is 11.7. The molecule has 86 valence electrons. The SMILES string of the molecule is CC(=O)CN(C)C(=O)c1cc(Cl)ccc1Cl. The number of likely N-dealkylation sites (N-methyl/N-ethyl adjacent to an activating group) is 1. The molecule has 0 aliphatic rings. The van der Waals surface area contributed by atoms with Gasteiger partial charge in [0.05, 0.1) is 17.1 Å². The molecule has 1 amide bonds. The Kier molecular flexibility index (Phi) is 4.33. The summed E-state index contributed by atoms with van der Waals surface area (Å²) in [5.74, 6) is -0.406. The van der Waals surface area contributed by atoms with Crippen LogP contribution in [0.15, 0.2) is 18.2 Å². The fourth-order valence-corrected chi connectivity index (χ4v) is 1.64. The van der Waals surface area contributed by atoms with E-state index in [2.05, 4.69) is 0 Å². The third-order valence-corrected chi connectivity index (χ3v) is 2.53. The van der Waals surface area contributed by atoms with Gasteiger partial charge in [0.15, 0.2) is 0 Å². The molecule has 0 aliphatic heterocycles. The molecular weight excluding hydrogens is 249 g/mol. The zero-order valence-corrected chi connectivity index (χ0v) is 10.5. The minimum absolute atomic E-state index is 0.0572. The summed E-state index contributed by atoms with van der Waals surface area (Å²) in [6, 6.07) is 4.65. The number of halogens is 2. The van der Waals surface area contributed by atoms with Gasteiger partial charge in [-0.1, -0.05) is 23.2 Å². The molecule has 1 aromatic carbocycles. The summed E-state index contributed by atoms with van der Waals surface area (Å²) in [4.78, 5) is 24.1. The summed E-state index contributed by atoms with van der Waals surface area (Å²) in [7, 11) is 1.54. The molecule has 0 radical (unpaired) electrons. The second-order valence-corrected chi connectivity index (χ2v) is 4.33. The predicted molar refractivity (Wildman–Crippen MR) is 64.1 cm³/mol. The van der Waals surface area contributed by atoms with E-state index in [4.69, 9.17) is 23.2 Å². The summed E-state index contributed by atoms with van der Waals surface area (Å²) < 4.78 is 0. The van der Waals surface area contributed by atoms with Gasteiger partial charge in [-0.3, -0.25) is 9.59 Å². The topological polar surface area (TPSA) is 37.4 Å². The minimum Gasteiger partial charge on any atom is -0.334 e. The average molecular weight is 260 g/mol. The molecule has 0 fully saturated rings. The summed E-state index contributed by atoms with van der Waals surface area (Å²) in [6.45, 7) is 1.48. The van der Waals surface area contributed by atoms with Gasteiger partial charge in [0, 0.05) is 12.1 Å². The lowest BCUT2D eigenvalue weighted by atomic mass is 10.2.